The van der Waals surface area contributed by atoms with Crippen molar-refractivity contribution in [3.8, 4) is 0 Å². The van der Waals surface area contributed by atoms with Gasteiger partial charge >= 0.3 is 0 Å². The molecule has 0 saturated heterocycles. The third-order valence-electron chi connectivity index (χ3n) is 4.15. The van der Waals surface area contributed by atoms with E-state index >= 15 is 0 Å². The van der Waals surface area contributed by atoms with Crippen molar-refractivity contribution in [1.82, 2.24) is 0 Å². The van der Waals surface area contributed by atoms with Gasteiger partial charge in [-0.2, -0.15) is 4.57 Å². The zero-order chi connectivity index (χ0) is 19.2. The molecular formula is C22H19ClN2OS. The lowest BCUT2D eigenvalue weighted by Gasteiger charge is -2.17. The van der Waals surface area contributed by atoms with Crippen LogP contribution in [-0.2, 0) is 6.42 Å². The van der Waals surface area contributed by atoms with Gasteiger partial charge in [0.05, 0.1) is 10.7 Å². The summed E-state index contributed by atoms with van der Waals surface area (Å²) < 4.78 is 1.72. The number of nitrogens with one attached hydrogen (secondary N) is 1. The third kappa shape index (κ3) is 4.54. The van der Waals surface area contributed by atoms with Crippen molar-refractivity contribution in [2.45, 2.75) is 13.3 Å². The van der Waals surface area contributed by atoms with Crippen LogP contribution in [0.2, 0.25) is 5.02 Å². The summed E-state index contributed by atoms with van der Waals surface area (Å²) in [5.41, 5.74) is 2.79. The molecule has 0 saturated carbocycles. The fourth-order valence-corrected chi connectivity index (χ4v) is 3.15. The van der Waals surface area contributed by atoms with Gasteiger partial charge in [-0.3, -0.25) is 0 Å². The van der Waals surface area contributed by atoms with Crippen molar-refractivity contribution in [2.24, 2.45) is 0 Å². The van der Waals surface area contributed by atoms with Gasteiger partial charge in [0.2, 0.25) is 5.70 Å². The smallest absolute Gasteiger partial charge is 0.238 e. The molecule has 0 aliphatic carbocycles. The van der Waals surface area contributed by atoms with Gasteiger partial charge in [0, 0.05) is 12.1 Å². The summed E-state index contributed by atoms with van der Waals surface area (Å²) in [5, 5.41) is 16.9. The number of para-hydroxylation sites is 1. The van der Waals surface area contributed by atoms with E-state index in [2.05, 4.69) is 12.2 Å². The van der Waals surface area contributed by atoms with E-state index in [1.54, 1.807) is 23.0 Å². The van der Waals surface area contributed by atoms with E-state index < -0.39 is 0 Å². The van der Waals surface area contributed by atoms with Gasteiger partial charge in [0.1, 0.15) is 0 Å². The van der Waals surface area contributed by atoms with Crippen LogP contribution in [0.1, 0.15) is 18.1 Å². The molecule has 0 aliphatic heterocycles. The molecule has 0 bridgehead atoms. The molecule has 3 aromatic rings. The molecule has 0 aliphatic rings. The zero-order valence-corrected chi connectivity index (χ0v) is 16.4. The molecule has 3 rings (SSSR count). The van der Waals surface area contributed by atoms with E-state index in [-0.39, 0.29) is 5.76 Å². The average Bonchev–Trinajstić information content (AvgIpc) is 2.71. The molecule has 5 heteroatoms. The number of nitrogens with zero attached hydrogens (tertiary/aromatic N) is 1. The summed E-state index contributed by atoms with van der Waals surface area (Å²) in [4.78, 5) is 0.309. The van der Waals surface area contributed by atoms with Crippen molar-refractivity contribution in [3.63, 3.8) is 0 Å². The second-order valence-corrected chi connectivity index (χ2v) is 6.76. The summed E-state index contributed by atoms with van der Waals surface area (Å²) in [6, 6.07) is 20.5. The van der Waals surface area contributed by atoms with E-state index in [4.69, 9.17) is 23.8 Å². The van der Waals surface area contributed by atoms with E-state index in [1.807, 2.05) is 60.7 Å². The number of hydrogen-bond donors (Lipinski definition) is 1. The number of benzene rings is 2. The lowest BCUT2D eigenvalue weighted by atomic mass is 10.1. The first-order valence-electron chi connectivity index (χ1n) is 8.63. The lowest BCUT2D eigenvalue weighted by Crippen LogP contribution is -2.39. The topological polar surface area (TPSA) is 39.0 Å². The fourth-order valence-electron chi connectivity index (χ4n) is 2.66. The minimum Gasteiger partial charge on any atom is -0.867 e. The van der Waals surface area contributed by atoms with Gasteiger partial charge < -0.3 is 10.4 Å². The van der Waals surface area contributed by atoms with Gasteiger partial charge in [-0.1, -0.05) is 73.2 Å². The first-order chi connectivity index (χ1) is 13.1. The lowest BCUT2D eigenvalue weighted by molar-refractivity contribution is -0.577. The Morgan fingerprint density at radius 3 is 2.30 bits per heavy atom. The highest BCUT2D eigenvalue weighted by atomic mass is 35.5. The molecule has 0 spiro atoms. The Kier molecular flexibility index (Phi) is 6.22. The first kappa shape index (κ1) is 19.1. The predicted octanol–water partition coefficient (Wildman–Crippen LogP) is 4.32. The maximum atomic E-state index is 13.2. The molecule has 27 heavy (non-hydrogen) atoms. The largest absolute Gasteiger partial charge is 0.867 e. The minimum absolute atomic E-state index is 0.154. The highest BCUT2D eigenvalue weighted by Gasteiger charge is 2.19. The quantitative estimate of drug-likeness (QED) is 0.303. The maximum Gasteiger partial charge on any atom is 0.238 e. The van der Waals surface area contributed by atoms with Gasteiger partial charge in [-0.25, -0.2) is 0 Å². The van der Waals surface area contributed by atoms with E-state index in [1.165, 1.54) is 5.56 Å². The van der Waals surface area contributed by atoms with E-state index in [0.29, 0.717) is 27.0 Å². The number of halogens is 1. The van der Waals surface area contributed by atoms with Crippen molar-refractivity contribution >= 4 is 46.0 Å². The molecule has 0 unspecified atom stereocenters. The highest BCUT2D eigenvalue weighted by Crippen LogP contribution is 2.23. The van der Waals surface area contributed by atoms with Crippen LogP contribution in [0.4, 0.5) is 5.69 Å². The number of hydrogen-bond acceptors (Lipinski definition) is 2. The van der Waals surface area contributed by atoms with Gasteiger partial charge in [0.15, 0.2) is 17.4 Å². The zero-order valence-electron chi connectivity index (χ0n) is 14.9. The highest BCUT2D eigenvalue weighted by molar-refractivity contribution is 7.81. The maximum absolute atomic E-state index is 13.2. The molecule has 0 amide bonds. The number of rotatable bonds is 5. The van der Waals surface area contributed by atoms with Crippen molar-refractivity contribution < 1.29 is 9.67 Å². The predicted molar refractivity (Wildman–Crippen MR) is 113 cm³/mol. The van der Waals surface area contributed by atoms with Crippen molar-refractivity contribution in [2.75, 3.05) is 5.32 Å². The summed E-state index contributed by atoms with van der Waals surface area (Å²) in [6.07, 6.45) is 4.52. The van der Waals surface area contributed by atoms with Gasteiger partial charge in [0.25, 0.3) is 0 Å². The Hall–Kier alpha value is -2.69. The molecule has 0 atom stereocenters. The minimum atomic E-state index is -0.154. The number of pyridine rings is 1. The standard InChI is InChI=1S/C22H19ClN2OS/c1-2-16-10-12-17(13-11-16)21(26)20(25-14-6-3-7-15-25)22(27)24-19-9-5-4-8-18(19)23/h3-15H,2H2,1H3,(H-,24,26,27). The summed E-state index contributed by atoms with van der Waals surface area (Å²) in [5.74, 6) is -0.154. The van der Waals surface area contributed by atoms with Gasteiger partial charge in [-0.05, 0) is 35.4 Å². The third-order valence-corrected chi connectivity index (χ3v) is 4.78. The second kappa shape index (κ2) is 8.80. The molecule has 3 nitrogen and oxygen atoms in total. The Morgan fingerprint density at radius 2 is 1.67 bits per heavy atom. The Morgan fingerprint density at radius 1 is 1.00 bits per heavy atom. The Labute approximate surface area is 169 Å². The van der Waals surface area contributed by atoms with E-state index in [0.717, 1.165) is 6.42 Å². The number of anilines is 1. The van der Waals surface area contributed by atoms with Crippen molar-refractivity contribution in [3.05, 3.63) is 95.3 Å². The molecule has 1 heterocycles. The fraction of sp³-hybridized carbons (Fsp3) is 0.0909. The Balaban J connectivity index is 2.05. The molecule has 2 aromatic carbocycles. The summed E-state index contributed by atoms with van der Waals surface area (Å²) >= 11 is 11.8. The Bertz CT molecular complexity index is 969. The molecule has 1 aromatic heterocycles. The monoisotopic (exact) mass is 394 g/mol. The van der Waals surface area contributed by atoms with Crippen LogP contribution in [-0.4, -0.2) is 4.99 Å². The van der Waals surface area contributed by atoms with Crippen LogP contribution in [0.5, 0.6) is 0 Å². The van der Waals surface area contributed by atoms with Crippen LogP contribution < -0.4 is 15.0 Å². The summed E-state index contributed by atoms with van der Waals surface area (Å²) in [7, 11) is 0. The number of aromatic nitrogens is 1. The van der Waals surface area contributed by atoms with Crippen LogP contribution in [0.25, 0.3) is 11.5 Å². The van der Waals surface area contributed by atoms with Crippen molar-refractivity contribution in [1.29, 1.82) is 0 Å². The van der Waals surface area contributed by atoms with Crippen LogP contribution in [0, 0.1) is 0 Å². The SMILES string of the molecule is CCc1ccc(C([O-])=C(C(=S)Nc2ccccc2Cl)[n+]2ccccc2)cc1. The summed E-state index contributed by atoms with van der Waals surface area (Å²) in [6.45, 7) is 2.08. The number of aryl methyl sites for hydroxylation is 1. The van der Waals surface area contributed by atoms with Gasteiger partial charge in [-0.15, -0.1) is 0 Å². The first-order valence-corrected chi connectivity index (χ1v) is 9.42. The molecule has 1 N–H and O–H groups in total. The molecular weight excluding hydrogens is 376 g/mol. The molecule has 136 valence electrons. The molecule has 0 radical (unpaired) electrons. The van der Waals surface area contributed by atoms with Crippen LogP contribution in [0.15, 0.2) is 79.1 Å². The normalized spacial score (nSPS) is 11.6. The average molecular weight is 395 g/mol. The van der Waals surface area contributed by atoms with Crippen LogP contribution >= 0.6 is 23.8 Å². The second-order valence-electron chi connectivity index (χ2n) is 5.94. The number of thiocarbonyl (C=S) groups is 1. The molecule has 0 fully saturated rings. The van der Waals surface area contributed by atoms with E-state index in [9.17, 15) is 5.11 Å². The van der Waals surface area contributed by atoms with Crippen LogP contribution in [0.3, 0.4) is 0 Å².